The van der Waals surface area contributed by atoms with Crippen LogP contribution in [0, 0.1) is 0 Å². The van der Waals surface area contributed by atoms with Crippen LogP contribution in [0.1, 0.15) is 31.2 Å². The first-order valence-electron chi connectivity index (χ1n) is 7.40. The van der Waals surface area contributed by atoms with Crippen LogP contribution in [-0.4, -0.2) is 23.9 Å². The number of nitrogens with one attached hydrogen (secondary N) is 2. The standard InChI is InChI=1S/C16H18N2O3S/c19-15(18-16(22)17-12-3-1-2-4-12)8-6-11-5-7-13-14(9-11)21-10-20-13/h5-9,12H,1-4,10H2,(H2,17,18,19,22)/b8-6-. The number of rotatable bonds is 3. The van der Waals surface area contributed by atoms with Gasteiger partial charge in [-0.25, -0.2) is 0 Å². The molecule has 1 aliphatic carbocycles. The molecule has 22 heavy (non-hydrogen) atoms. The van der Waals surface area contributed by atoms with Gasteiger partial charge in [-0.05, 0) is 48.8 Å². The quantitative estimate of drug-likeness (QED) is 0.662. The third-order valence-corrected chi connectivity index (χ3v) is 3.97. The molecular weight excluding hydrogens is 300 g/mol. The van der Waals surface area contributed by atoms with Gasteiger partial charge in [0.2, 0.25) is 12.7 Å². The van der Waals surface area contributed by atoms with E-state index in [2.05, 4.69) is 10.6 Å². The molecule has 0 atom stereocenters. The summed E-state index contributed by atoms with van der Waals surface area (Å²) in [6, 6.07) is 5.92. The van der Waals surface area contributed by atoms with Crippen LogP contribution >= 0.6 is 12.2 Å². The van der Waals surface area contributed by atoms with Crippen LogP contribution in [0.15, 0.2) is 24.3 Å². The summed E-state index contributed by atoms with van der Waals surface area (Å²) in [6.07, 6.45) is 7.85. The highest BCUT2D eigenvalue weighted by molar-refractivity contribution is 7.80. The highest BCUT2D eigenvalue weighted by Gasteiger charge is 2.16. The smallest absolute Gasteiger partial charge is 0.250 e. The second kappa shape index (κ2) is 6.79. The first-order chi connectivity index (χ1) is 10.7. The normalized spacial score (nSPS) is 16.9. The molecule has 2 aliphatic rings. The zero-order chi connectivity index (χ0) is 15.4. The predicted octanol–water partition coefficient (Wildman–Crippen LogP) is 2.36. The third kappa shape index (κ3) is 3.76. The Balaban J connectivity index is 1.51. The van der Waals surface area contributed by atoms with Crippen molar-refractivity contribution >= 4 is 29.3 Å². The van der Waals surface area contributed by atoms with Crippen molar-refractivity contribution in [3.63, 3.8) is 0 Å². The summed E-state index contributed by atoms with van der Waals surface area (Å²) in [5.41, 5.74) is 0.870. The van der Waals surface area contributed by atoms with Crippen LogP contribution in [0.5, 0.6) is 11.5 Å². The Hall–Kier alpha value is -2.08. The van der Waals surface area contributed by atoms with E-state index in [4.69, 9.17) is 21.7 Å². The van der Waals surface area contributed by atoms with Crippen molar-refractivity contribution in [3.8, 4) is 11.5 Å². The summed E-state index contributed by atoms with van der Waals surface area (Å²) in [5.74, 6) is 1.18. The fraction of sp³-hybridized carbons (Fsp3) is 0.375. The van der Waals surface area contributed by atoms with Gasteiger partial charge < -0.3 is 14.8 Å². The first kappa shape index (κ1) is 14.8. The van der Waals surface area contributed by atoms with E-state index >= 15 is 0 Å². The van der Waals surface area contributed by atoms with E-state index in [0.29, 0.717) is 16.9 Å². The topological polar surface area (TPSA) is 59.6 Å². The predicted molar refractivity (Wildman–Crippen MR) is 87.7 cm³/mol. The number of ether oxygens (including phenoxy) is 2. The Morgan fingerprint density at radius 2 is 2.00 bits per heavy atom. The second-order valence-electron chi connectivity index (χ2n) is 5.39. The van der Waals surface area contributed by atoms with Crippen LogP contribution < -0.4 is 20.1 Å². The van der Waals surface area contributed by atoms with Gasteiger partial charge in [0.1, 0.15) is 0 Å². The molecule has 3 rings (SSSR count). The van der Waals surface area contributed by atoms with Crippen molar-refractivity contribution in [2.75, 3.05) is 6.79 Å². The number of fused-ring (bicyclic) bond motifs is 1. The fourth-order valence-electron chi connectivity index (χ4n) is 2.63. The third-order valence-electron chi connectivity index (χ3n) is 3.75. The van der Waals surface area contributed by atoms with E-state index in [0.717, 1.165) is 24.2 Å². The SMILES string of the molecule is O=C(/C=C\c1ccc2c(c1)OCO2)NC(=S)NC1CCCC1. The fourth-order valence-corrected chi connectivity index (χ4v) is 2.90. The van der Waals surface area contributed by atoms with Gasteiger partial charge in [-0.2, -0.15) is 0 Å². The van der Waals surface area contributed by atoms with Crippen LogP contribution in [-0.2, 0) is 4.79 Å². The maximum atomic E-state index is 11.9. The number of hydrogen-bond donors (Lipinski definition) is 2. The van der Waals surface area contributed by atoms with Crippen LogP contribution in [0.3, 0.4) is 0 Å². The summed E-state index contributed by atoms with van der Waals surface area (Å²) >= 11 is 5.15. The van der Waals surface area contributed by atoms with Crippen LogP contribution in [0.2, 0.25) is 0 Å². The largest absolute Gasteiger partial charge is 0.454 e. The van der Waals surface area contributed by atoms with E-state index in [1.807, 2.05) is 18.2 Å². The molecular formula is C16H18N2O3S. The molecule has 6 heteroatoms. The maximum Gasteiger partial charge on any atom is 0.250 e. The van der Waals surface area contributed by atoms with Crippen molar-refractivity contribution in [3.05, 3.63) is 29.8 Å². The van der Waals surface area contributed by atoms with Gasteiger partial charge in [-0.1, -0.05) is 18.9 Å². The maximum absolute atomic E-state index is 11.9. The second-order valence-corrected chi connectivity index (χ2v) is 5.80. The van der Waals surface area contributed by atoms with Crippen molar-refractivity contribution < 1.29 is 14.3 Å². The lowest BCUT2D eigenvalue weighted by Gasteiger charge is -2.13. The zero-order valence-electron chi connectivity index (χ0n) is 12.1. The number of benzene rings is 1. The number of thiocarbonyl (C=S) groups is 1. The Morgan fingerprint density at radius 3 is 2.82 bits per heavy atom. The molecule has 2 N–H and O–H groups in total. The summed E-state index contributed by atoms with van der Waals surface area (Å²) in [5, 5.41) is 6.23. The highest BCUT2D eigenvalue weighted by atomic mass is 32.1. The summed E-state index contributed by atoms with van der Waals surface area (Å²) < 4.78 is 10.5. The van der Waals surface area contributed by atoms with Crippen molar-refractivity contribution in [2.24, 2.45) is 0 Å². The van der Waals surface area contributed by atoms with Gasteiger partial charge in [0.05, 0.1) is 0 Å². The van der Waals surface area contributed by atoms with Crippen molar-refractivity contribution in [2.45, 2.75) is 31.7 Å². The minimum Gasteiger partial charge on any atom is -0.454 e. The molecule has 0 unspecified atom stereocenters. The number of carbonyl (C=O) groups excluding carboxylic acids is 1. The molecule has 1 saturated carbocycles. The Labute approximate surface area is 134 Å². The Bertz CT molecular complexity index is 609. The average molecular weight is 318 g/mol. The van der Waals surface area contributed by atoms with Gasteiger partial charge in [0.15, 0.2) is 16.6 Å². The zero-order valence-corrected chi connectivity index (χ0v) is 12.9. The lowest BCUT2D eigenvalue weighted by atomic mass is 10.2. The summed E-state index contributed by atoms with van der Waals surface area (Å²) in [7, 11) is 0. The molecule has 0 aromatic heterocycles. The van der Waals surface area contributed by atoms with Crippen LogP contribution in [0.4, 0.5) is 0 Å². The lowest BCUT2D eigenvalue weighted by molar-refractivity contribution is -0.115. The monoisotopic (exact) mass is 318 g/mol. The Morgan fingerprint density at radius 1 is 1.23 bits per heavy atom. The van der Waals surface area contributed by atoms with Gasteiger partial charge in [0.25, 0.3) is 0 Å². The van der Waals surface area contributed by atoms with E-state index < -0.39 is 0 Å². The van der Waals surface area contributed by atoms with E-state index in [1.165, 1.54) is 18.9 Å². The van der Waals surface area contributed by atoms with E-state index in [-0.39, 0.29) is 12.7 Å². The molecule has 1 amide bonds. The van der Waals surface area contributed by atoms with E-state index in [1.54, 1.807) is 6.08 Å². The van der Waals surface area contributed by atoms with Crippen molar-refractivity contribution in [1.82, 2.24) is 10.6 Å². The molecule has 5 nitrogen and oxygen atoms in total. The first-order valence-corrected chi connectivity index (χ1v) is 7.81. The minimum atomic E-state index is -0.242. The highest BCUT2D eigenvalue weighted by Crippen LogP contribution is 2.32. The molecule has 0 bridgehead atoms. The average Bonchev–Trinajstić information content (AvgIpc) is 3.15. The van der Waals surface area contributed by atoms with Crippen molar-refractivity contribution in [1.29, 1.82) is 0 Å². The number of carbonyl (C=O) groups is 1. The molecule has 1 aromatic carbocycles. The number of hydrogen-bond acceptors (Lipinski definition) is 4. The molecule has 1 heterocycles. The molecule has 1 fully saturated rings. The summed E-state index contributed by atoms with van der Waals surface area (Å²) in [4.78, 5) is 11.9. The molecule has 1 aliphatic heterocycles. The van der Waals surface area contributed by atoms with E-state index in [9.17, 15) is 4.79 Å². The minimum absolute atomic E-state index is 0.240. The number of amides is 1. The van der Waals surface area contributed by atoms with Gasteiger partial charge in [0, 0.05) is 12.1 Å². The molecule has 0 radical (unpaired) electrons. The molecule has 1 aromatic rings. The van der Waals surface area contributed by atoms with Gasteiger partial charge >= 0.3 is 0 Å². The van der Waals surface area contributed by atoms with Crippen LogP contribution in [0.25, 0.3) is 6.08 Å². The molecule has 0 saturated heterocycles. The van der Waals surface area contributed by atoms with Gasteiger partial charge in [-0.3, -0.25) is 10.1 Å². The molecule has 116 valence electrons. The van der Waals surface area contributed by atoms with Gasteiger partial charge in [-0.15, -0.1) is 0 Å². The lowest BCUT2D eigenvalue weighted by Crippen LogP contribution is -2.42. The molecule has 0 spiro atoms. The Kier molecular flexibility index (Phi) is 4.58. The summed E-state index contributed by atoms with van der Waals surface area (Å²) in [6.45, 7) is 0.240.